The van der Waals surface area contributed by atoms with Crippen LogP contribution in [0.2, 0.25) is 0 Å². The number of rotatable bonds is 11. The predicted octanol–water partition coefficient (Wildman–Crippen LogP) is 32.4. The lowest BCUT2D eigenvalue weighted by molar-refractivity contribution is 0.669. The third-order valence-corrected chi connectivity index (χ3v) is 26.5. The average Bonchev–Trinajstić information content (AvgIpc) is 1.67. The van der Waals surface area contributed by atoms with Gasteiger partial charge in [0.15, 0.2) is 40.5 Å². The van der Waals surface area contributed by atoms with Crippen LogP contribution in [-0.2, 0) is 0 Å². The molecule has 0 aliphatic heterocycles. The fourth-order valence-electron chi connectivity index (χ4n) is 17.7. The molecule has 0 spiro atoms. The van der Waals surface area contributed by atoms with Crippen LogP contribution in [0.4, 0.5) is 0 Å². The lowest BCUT2D eigenvalue weighted by Crippen LogP contribution is -2.00. The molecule has 9 heterocycles. The van der Waals surface area contributed by atoms with E-state index >= 15 is 0 Å². The van der Waals surface area contributed by atoms with Crippen LogP contribution in [0.15, 0.2) is 456 Å². The van der Waals surface area contributed by atoms with Gasteiger partial charge in [0, 0.05) is 108 Å². The molecule has 0 bridgehead atoms. The standard InChI is InChI=1S/C34H20N2OS.C31H19N3O.C28H18N2S.C26H16N2O/c1-3-9-21(10-4-1)23-15-18-27-30(20-23)38-33-31(35-34(36-32(27)33)22-11-5-2-6-12-22)24-16-17-26-25-13-7-8-14-28(25)37-29(26)19-24;1-3-11-21(12-4-1)29-32-30(22-13-5-2-6-14-22)34-31(33-29)25-16-9-17-26-27(25)24-19-18-20-10-7-8-15-23(20)28(24)35-26;1-4-10-19(11-5-1)22-16-17-23-24(18-22)31-27-25(20-12-6-2-7-13-20)29-28(30-26(23)27)21-14-8-3-9-15-21;1-3-10-18(11-4-1)22-25-23(28-26(27-22)19-12-5-2-6-13-19)21-16-15-17-9-7-8-14-20(17)24(21)29-25/h1-20H;1-19H;1-18H;1-16H. The Labute approximate surface area is 770 Å². The fraction of sp³-hybridized carbons (Fsp3) is 0. The molecule has 18 aromatic carbocycles. The summed E-state index contributed by atoms with van der Waals surface area (Å²) in [7, 11) is 0. The summed E-state index contributed by atoms with van der Waals surface area (Å²) < 4.78 is 23.7. The van der Waals surface area contributed by atoms with Crippen LogP contribution >= 0.6 is 22.7 Å². The van der Waals surface area contributed by atoms with Gasteiger partial charge in [-0.05, 0) is 81.6 Å². The second-order valence-electron chi connectivity index (χ2n) is 32.5. The molecule has 27 aromatic rings. The van der Waals surface area contributed by atoms with E-state index in [1.54, 1.807) is 22.7 Å². The van der Waals surface area contributed by atoms with E-state index < -0.39 is 0 Å². The quantitative estimate of drug-likeness (QED) is 0.121. The Bertz CT molecular complexity index is 9000. The molecule has 0 atom stereocenters. The van der Waals surface area contributed by atoms with Gasteiger partial charge in [-0.1, -0.05) is 394 Å². The molecule has 0 fully saturated rings. The first kappa shape index (κ1) is 79.0. The van der Waals surface area contributed by atoms with Crippen LogP contribution in [0, 0.1) is 0 Å². The lowest BCUT2D eigenvalue weighted by atomic mass is 10.0. The highest BCUT2D eigenvalue weighted by molar-refractivity contribution is 7.26. The first-order valence-corrected chi connectivity index (χ1v) is 45.7. The smallest absolute Gasteiger partial charge is 0.180 e. The Morgan fingerprint density at radius 1 is 0.173 bits per heavy atom. The van der Waals surface area contributed by atoms with E-state index in [1.165, 1.54) is 37.0 Å². The van der Waals surface area contributed by atoms with Gasteiger partial charge in [-0.15, -0.1) is 22.7 Å². The second-order valence-corrected chi connectivity index (χ2v) is 34.6. The van der Waals surface area contributed by atoms with E-state index in [2.05, 4.69) is 224 Å². The summed E-state index contributed by atoms with van der Waals surface area (Å²) in [5, 5.41) is 12.1. The van der Waals surface area contributed by atoms with Crippen LogP contribution in [0.25, 0.3) is 252 Å². The average molecular weight is 1740 g/mol. The van der Waals surface area contributed by atoms with E-state index in [9.17, 15) is 0 Å². The molecular weight excluding hydrogens is 1670 g/mol. The van der Waals surface area contributed by atoms with Gasteiger partial charge >= 0.3 is 0 Å². The molecule has 0 radical (unpaired) electrons. The first-order chi connectivity index (χ1) is 65.9. The topological polar surface area (TPSA) is 155 Å². The molecule has 0 N–H and O–H groups in total. The number of nitrogens with zero attached hydrogens (tertiary/aromatic N) is 9. The summed E-state index contributed by atoms with van der Waals surface area (Å²) in [5.74, 6) is 4.10. The molecule has 14 heteroatoms. The Morgan fingerprint density at radius 2 is 0.519 bits per heavy atom. The van der Waals surface area contributed by atoms with Crippen molar-refractivity contribution in [3.8, 4) is 124 Å². The third kappa shape index (κ3) is 15.1. The van der Waals surface area contributed by atoms with Crippen LogP contribution in [0.3, 0.4) is 0 Å². The number of thiophene rings is 2. The van der Waals surface area contributed by atoms with Crippen molar-refractivity contribution in [3.05, 3.63) is 443 Å². The maximum atomic E-state index is 6.42. The molecule has 0 unspecified atom stereocenters. The predicted molar refractivity (Wildman–Crippen MR) is 548 cm³/mol. The van der Waals surface area contributed by atoms with Crippen molar-refractivity contribution in [1.29, 1.82) is 0 Å². The Balaban J connectivity index is 0.0000000981. The Kier molecular flexibility index (Phi) is 20.4. The summed E-state index contributed by atoms with van der Waals surface area (Å²) in [5.41, 5.74) is 24.5. The highest BCUT2D eigenvalue weighted by Gasteiger charge is 2.25. The van der Waals surface area contributed by atoms with E-state index in [-0.39, 0.29) is 0 Å². The number of hydrogen-bond donors (Lipinski definition) is 0. The molecule has 0 aliphatic carbocycles. The fourth-order valence-corrected chi connectivity index (χ4v) is 20.1. The van der Waals surface area contributed by atoms with Gasteiger partial charge in [0.1, 0.15) is 39.1 Å². The molecule has 9 aromatic heterocycles. The minimum absolute atomic E-state index is 0.624. The van der Waals surface area contributed by atoms with Crippen molar-refractivity contribution < 1.29 is 13.3 Å². The second kappa shape index (κ2) is 34.3. The van der Waals surface area contributed by atoms with Gasteiger partial charge in [0.05, 0.1) is 31.8 Å². The zero-order valence-electron chi connectivity index (χ0n) is 71.2. The number of aromatic nitrogens is 9. The van der Waals surface area contributed by atoms with Crippen molar-refractivity contribution >= 4 is 151 Å². The number of fused-ring (bicyclic) bond motifs is 19. The van der Waals surface area contributed by atoms with Crippen molar-refractivity contribution in [2.24, 2.45) is 0 Å². The lowest BCUT2D eigenvalue weighted by Gasteiger charge is -2.09. The molecule has 0 saturated carbocycles. The van der Waals surface area contributed by atoms with Gasteiger partial charge < -0.3 is 13.3 Å². The third-order valence-electron chi connectivity index (χ3n) is 24.2. The summed E-state index contributed by atoms with van der Waals surface area (Å²) in [6.07, 6.45) is 0. The van der Waals surface area contributed by atoms with E-state index in [4.69, 9.17) is 58.1 Å². The van der Waals surface area contributed by atoms with Crippen LogP contribution < -0.4 is 0 Å². The van der Waals surface area contributed by atoms with Crippen LogP contribution in [0.5, 0.6) is 0 Å². The highest BCUT2D eigenvalue weighted by atomic mass is 32.1. The van der Waals surface area contributed by atoms with E-state index in [0.717, 1.165) is 192 Å². The van der Waals surface area contributed by atoms with E-state index in [1.807, 2.05) is 218 Å². The summed E-state index contributed by atoms with van der Waals surface area (Å²) in [4.78, 5) is 44.8. The molecular formula is C119H73N9O3S2. The summed E-state index contributed by atoms with van der Waals surface area (Å²) in [6, 6.07) is 151. The molecule has 0 saturated heterocycles. The molecule has 12 nitrogen and oxygen atoms in total. The molecule has 133 heavy (non-hydrogen) atoms. The van der Waals surface area contributed by atoms with Crippen LogP contribution in [0.1, 0.15) is 0 Å². The highest BCUT2D eigenvalue weighted by Crippen LogP contribution is 2.47. The molecule has 0 aliphatic rings. The number of furan rings is 3. The number of para-hydroxylation sites is 1. The number of benzene rings is 18. The van der Waals surface area contributed by atoms with Crippen LogP contribution in [-0.4, -0.2) is 44.9 Å². The van der Waals surface area contributed by atoms with Crippen molar-refractivity contribution in [2.75, 3.05) is 0 Å². The molecule has 27 rings (SSSR count). The number of hydrogen-bond acceptors (Lipinski definition) is 14. The van der Waals surface area contributed by atoms with Crippen molar-refractivity contribution in [1.82, 2.24) is 44.9 Å². The molecule has 624 valence electrons. The Hall–Kier alpha value is -17.4. The van der Waals surface area contributed by atoms with Crippen molar-refractivity contribution in [3.63, 3.8) is 0 Å². The van der Waals surface area contributed by atoms with Gasteiger partial charge in [-0.25, -0.2) is 44.9 Å². The van der Waals surface area contributed by atoms with Gasteiger partial charge in [0.25, 0.3) is 0 Å². The Morgan fingerprint density at radius 3 is 1.01 bits per heavy atom. The van der Waals surface area contributed by atoms with Gasteiger partial charge in [-0.3, -0.25) is 0 Å². The first-order valence-electron chi connectivity index (χ1n) is 44.0. The summed E-state index contributed by atoms with van der Waals surface area (Å²) in [6.45, 7) is 0. The monoisotopic (exact) mass is 1740 g/mol. The maximum Gasteiger partial charge on any atom is 0.180 e. The SMILES string of the molecule is c1ccc(-c2ccc3c(c2)sc2c(-c4ccc5c(c4)oc4ccccc45)nc(-c4ccccc4)nc23)cc1.c1ccc(-c2ccc3c(c2)sc2c(-c4ccccc4)nc(-c4ccccc4)nc23)cc1.c1ccc(-c2nc(-c3ccccc3)c3oc4c5ccccc5ccc4c3n2)cc1.c1ccc(-c2nc(-c3ccccc3)nc(-c3cccc4oc5c6ccccc6ccc5c34)n2)cc1. The van der Waals surface area contributed by atoms with Gasteiger partial charge in [-0.2, -0.15) is 0 Å². The maximum absolute atomic E-state index is 6.42. The zero-order valence-corrected chi connectivity index (χ0v) is 72.8. The van der Waals surface area contributed by atoms with Crippen molar-refractivity contribution in [2.45, 2.75) is 0 Å². The van der Waals surface area contributed by atoms with Gasteiger partial charge in [0.2, 0.25) is 0 Å². The normalized spacial score (nSPS) is 11.5. The van der Waals surface area contributed by atoms with E-state index in [0.29, 0.717) is 23.3 Å². The largest absolute Gasteiger partial charge is 0.456 e. The zero-order chi connectivity index (χ0) is 88.1. The minimum Gasteiger partial charge on any atom is -0.456 e. The molecule has 0 amide bonds. The summed E-state index contributed by atoms with van der Waals surface area (Å²) >= 11 is 3.52. The minimum atomic E-state index is 0.624.